The SMILES string of the molecule is C=C(CNCC(=O)NCCC)c1ccccc1. The fourth-order valence-corrected chi connectivity index (χ4v) is 1.43. The predicted octanol–water partition coefficient (Wildman–Crippen LogP) is 1.82. The Labute approximate surface area is 103 Å². The summed E-state index contributed by atoms with van der Waals surface area (Å²) < 4.78 is 0. The summed E-state index contributed by atoms with van der Waals surface area (Å²) in [6.07, 6.45) is 0.961. The molecule has 2 N–H and O–H groups in total. The lowest BCUT2D eigenvalue weighted by atomic mass is 10.1. The predicted molar refractivity (Wildman–Crippen MR) is 71.6 cm³/mol. The molecule has 0 aromatic heterocycles. The van der Waals surface area contributed by atoms with Gasteiger partial charge < -0.3 is 10.6 Å². The third kappa shape index (κ3) is 5.31. The molecule has 1 aromatic carbocycles. The number of rotatable bonds is 7. The van der Waals surface area contributed by atoms with Gasteiger partial charge in [-0.3, -0.25) is 4.79 Å². The normalized spacial score (nSPS) is 9.94. The van der Waals surface area contributed by atoms with Crippen LogP contribution in [-0.2, 0) is 4.79 Å². The molecule has 3 nitrogen and oxygen atoms in total. The molecule has 1 aromatic rings. The fourth-order valence-electron chi connectivity index (χ4n) is 1.43. The smallest absolute Gasteiger partial charge is 0.233 e. The van der Waals surface area contributed by atoms with Crippen molar-refractivity contribution in [2.45, 2.75) is 13.3 Å². The van der Waals surface area contributed by atoms with Crippen molar-refractivity contribution < 1.29 is 4.79 Å². The lowest BCUT2D eigenvalue weighted by Gasteiger charge is -2.08. The molecule has 0 atom stereocenters. The molecule has 1 amide bonds. The summed E-state index contributed by atoms with van der Waals surface area (Å²) in [4.78, 5) is 11.3. The van der Waals surface area contributed by atoms with E-state index in [0.717, 1.165) is 24.1 Å². The van der Waals surface area contributed by atoms with Crippen LogP contribution >= 0.6 is 0 Å². The van der Waals surface area contributed by atoms with Crippen LogP contribution in [0.1, 0.15) is 18.9 Å². The molecule has 92 valence electrons. The van der Waals surface area contributed by atoms with E-state index in [4.69, 9.17) is 0 Å². The van der Waals surface area contributed by atoms with Crippen molar-refractivity contribution in [1.82, 2.24) is 10.6 Å². The minimum Gasteiger partial charge on any atom is -0.355 e. The van der Waals surface area contributed by atoms with Gasteiger partial charge in [0.15, 0.2) is 0 Å². The second kappa shape index (κ2) is 7.63. The fraction of sp³-hybridized carbons (Fsp3) is 0.357. The first kappa shape index (κ1) is 13.5. The zero-order valence-electron chi connectivity index (χ0n) is 10.3. The number of nitrogens with one attached hydrogen (secondary N) is 2. The highest BCUT2D eigenvalue weighted by Crippen LogP contribution is 2.09. The summed E-state index contributed by atoms with van der Waals surface area (Å²) in [5.41, 5.74) is 2.10. The Morgan fingerprint density at radius 3 is 2.59 bits per heavy atom. The zero-order valence-corrected chi connectivity index (χ0v) is 10.3. The van der Waals surface area contributed by atoms with Gasteiger partial charge in [0.25, 0.3) is 0 Å². The van der Waals surface area contributed by atoms with Gasteiger partial charge in [-0.2, -0.15) is 0 Å². The van der Waals surface area contributed by atoms with E-state index in [1.807, 2.05) is 37.3 Å². The van der Waals surface area contributed by atoms with Crippen LogP contribution in [0.15, 0.2) is 36.9 Å². The molecule has 0 spiro atoms. The van der Waals surface area contributed by atoms with Gasteiger partial charge in [0.2, 0.25) is 5.91 Å². The second-order valence-corrected chi connectivity index (χ2v) is 3.92. The van der Waals surface area contributed by atoms with Crippen LogP contribution in [0.5, 0.6) is 0 Å². The number of hydrogen-bond acceptors (Lipinski definition) is 2. The van der Waals surface area contributed by atoms with Gasteiger partial charge in [0, 0.05) is 13.1 Å². The molecule has 0 saturated carbocycles. The highest BCUT2D eigenvalue weighted by Gasteiger charge is 2.01. The number of carbonyl (C=O) groups excluding carboxylic acids is 1. The molecular weight excluding hydrogens is 212 g/mol. The zero-order chi connectivity index (χ0) is 12.5. The molecule has 17 heavy (non-hydrogen) atoms. The van der Waals surface area contributed by atoms with Crippen LogP contribution in [0.3, 0.4) is 0 Å². The van der Waals surface area contributed by atoms with Crippen LogP contribution in [0.4, 0.5) is 0 Å². The second-order valence-electron chi connectivity index (χ2n) is 3.92. The van der Waals surface area contributed by atoms with Crippen molar-refractivity contribution in [3.05, 3.63) is 42.5 Å². The van der Waals surface area contributed by atoms with E-state index in [0.29, 0.717) is 13.1 Å². The summed E-state index contributed by atoms with van der Waals surface area (Å²) in [6, 6.07) is 9.97. The first-order valence-electron chi connectivity index (χ1n) is 5.94. The summed E-state index contributed by atoms with van der Waals surface area (Å²) >= 11 is 0. The molecule has 0 aliphatic carbocycles. The van der Waals surface area contributed by atoms with Gasteiger partial charge in [-0.1, -0.05) is 43.8 Å². The topological polar surface area (TPSA) is 41.1 Å². The third-order valence-corrected chi connectivity index (χ3v) is 2.38. The Kier molecular flexibility index (Phi) is 6.04. The molecule has 0 heterocycles. The van der Waals surface area contributed by atoms with Gasteiger partial charge in [-0.15, -0.1) is 0 Å². The van der Waals surface area contributed by atoms with Crippen LogP contribution in [-0.4, -0.2) is 25.5 Å². The summed E-state index contributed by atoms with van der Waals surface area (Å²) in [5.74, 6) is 0.0349. The van der Waals surface area contributed by atoms with Crippen LogP contribution in [0, 0.1) is 0 Å². The molecule has 0 bridgehead atoms. The number of carbonyl (C=O) groups is 1. The molecule has 3 heteroatoms. The Morgan fingerprint density at radius 2 is 1.94 bits per heavy atom. The maximum atomic E-state index is 11.3. The van der Waals surface area contributed by atoms with Gasteiger partial charge in [-0.25, -0.2) is 0 Å². The van der Waals surface area contributed by atoms with Crippen LogP contribution < -0.4 is 10.6 Å². The van der Waals surface area contributed by atoms with E-state index < -0.39 is 0 Å². The average molecular weight is 232 g/mol. The molecule has 0 aliphatic heterocycles. The highest BCUT2D eigenvalue weighted by atomic mass is 16.1. The average Bonchev–Trinajstić information content (AvgIpc) is 2.37. The van der Waals surface area contributed by atoms with E-state index in [1.165, 1.54) is 0 Å². The minimum atomic E-state index is 0.0349. The third-order valence-electron chi connectivity index (χ3n) is 2.38. The lowest BCUT2D eigenvalue weighted by molar-refractivity contribution is -0.120. The first-order chi connectivity index (χ1) is 8.24. The summed E-state index contributed by atoms with van der Waals surface area (Å²) in [5, 5.41) is 5.90. The van der Waals surface area contributed by atoms with Crippen molar-refractivity contribution in [2.24, 2.45) is 0 Å². The van der Waals surface area contributed by atoms with E-state index >= 15 is 0 Å². The van der Waals surface area contributed by atoms with Crippen LogP contribution in [0.25, 0.3) is 5.57 Å². The maximum Gasteiger partial charge on any atom is 0.233 e. The van der Waals surface area contributed by atoms with Gasteiger partial charge in [0.1, 0.15) is 0 Å². The number of benzene rings is 1. The van der Waals surface area contributed by atoms with Gasteiger partial charge in [0.05, 0.1) is 6.54 Å². The minimum absolute atomic E-state index is 0.0349. The number of amides is 1. The van der Waals surface area contributed by atoms with E-state index in [9.17, 15) is 4.79 Å². The highest BCUT2D eigenvalue weighted by molar-refractivity contribution is 5.78. The van der Waals surface area contributed by atoms with Crippen molar-refractivity contribution in [2.75, 3.05) is 19.6 Å². The largest absolute Gasteiger partial charge is 0.355 e. The van der Waals surface area contributed by atoms with Crippen molar-refractivity contribution in [3.63, 3.8) is 0 Å². The molecule has 0 radical (unpaired) electrons. The van der Waals surface area contributed by atoms with E-state index in [-0.39, 0.29) is 5.91 Å². The molecule has 0 saturated heterocycles. The molecule has 1 rings (SSSR count). The van der Waals surface area contributed by atoms with Crippen LogP contribution in [0.2, 0.25) is 0 Å². The standard InChI is InChI=1S/C14H20N2O/c1-3-9-16-14(17)11-15-10-12(2)13-7-5-4-6-8-13/h4-8,15H,2-3,9-11H2,1H3,(H,16,17). The Balaban J connectivity index is 2.23. The van der Waals surface area contributed by atoms with Gasteiger partial charge in [-0.05, 0) is 17.6 Å². The molecule has 0 aliphatic rings. The Morgan fingerprint density at radius 1 is 1.24 bits per heavy atom. The molecular formula is C14H20N2O. The summed E-state index contributed by atoms with van der Waals surface area (Å²) in [6.45, 7) is 7.73. The van der Waals surface area contributed by atoms with Crippen molar-refractivity contribution >= 4 is 11.5 Å². The lowest BCUT2D eigenvalue weighted by Crippen LogP contribution is -2.34. The summed E-state index contributed by atoms with van der Waals surface area (Å²) in [7, 11) is 0. The number of hydrogen-bond donors (Lipinski definition) is 2. The van der Waals surface area contributed by atoms with Crippen molar-refractivity contribution in [1.29, 1.82) is 0 Å². The molecule has 0 unspecified atom stereocenters. The van der Waals surface area contributed by atoms with E-state index in [1.54, 1.807) is 0 Å². The maximum absolute atomic E-state index is 11.3. The first-order valence-corrected chi connectivity index (χ1v) is 5.94. The van der Waals surface area contributed by atoms with Gasteiger partial charge >= 0.3 is 0 Å². The monoisotopic (exact) mass is 232 g/mol. The Bertz CT molecular complexity index is 360. The van der Waals surface area contributed by atoms with E-state index in [2.05, 4.69) is 17.2 Å². The quantitative estimate of drug-likeness (QED) is 0.753. The molecule has 0 fully saturated rings. The van der Waals surface area contributed by atoms with Crippen molar-refractivity contribution in [3.8, 4) is 0 Å². The Hall–Kier alpha value is -1.61.